The third-order valence-electron chi connectivity index (χ3n) is 5.62. The second-order valence-electron chi connectivity index (χ2n) is 7.92. The van der Waals surface area contributed by atoms with Crippen molar-refractivity contribution in [3.8, 4) is 17.1 Å². The third kappa shape index (κ3) is 5.04. The summed E-state index contributed by atoms with van der Waals surface area (Å²) < 4.78 is 9.15. The maximum Gasteiger partial charge on any atom is 0.236 e. The molecule has 1 fully saturated rings. The largest absolute Gasteiger partial charge is 0.490 e. The Morgan fingerprint density at radius 3 is 2.70 bits per heavy atom. The number of amides is 1. The number of hydrogen-bond donors (Lipinski definition) is 1. The van der Waals surface area contributed by atoms with Gasteiger partial charge in [-0.2, -0.15) is 0 Å². The highest BCUT2D eigenvalue weighted by Crippen LogP contribution is 2.29. The molecule has 1 amide bonds. The van der Waals surface area contributed by atoms with Crippen LogP contribution in [0.25, 0.3) is 21.6 Å². The molecular weight excluding hydrogens is 454 g/mol. The summed E-state index contributed by atoms with van der Waals surface area (Å²) in [5.41, 5.74) is 1.87. The van der Waals surface area contributed by atoms with Gasteiger partial charge in [0.25, 0.3) is 0 Å². The summed E-state index contributed by atoms with van der Waals surface area (Å²) in [6, 6.07) is 15.9. The number of para-hydroxylation sites is 1. The van der Waals surface area contributed by atoms with Crippen LogP contribution in [0, 0.1) is 0 Å². The van der Waals surface area contributed by atoms with Crippen molar-refractivity contribution in [1.82, 2.24) is 19.7 Å². The molecule has 0 unspecified atom stereocenters. The van der Waals surface area contributed by atoms with Crippen LogP contribution in [0.4, 0.5) is 5.13 Å². The predicted octanol–water partition coefficient (Wildman–Crippen LogP) is 5.63. The quantitative estimate of drug-likeness (QED) is 0.330. The molecule has 4 aromatic rings. The van der Waals surface area contributed by atoms with Gasteiger partial charge in [0, 0.05) is 12.1 Å². The summed E-state index contributed by atoms with van der Waals surface area (Å²) in [4.78, 5) is 16.9. The topological polar surface area (TPSA) is 81.9 Å². The van der Waals surface area contributed by atoms with Crippen molar-refractivity contribution in [2.24, 2.45) is 0 Å². The number of rotatable bonds is 8. The molecular formula is C24H25N5O2S2. The molecule has 2 aromatic carbocycles. The van der Waals surface area contributed by atoms with Crippen molar-refractivity contribution in [2.45, 2.75) is 50.4 Å². The van der Waals surface area contributed by atoms with Crippen LogP contribution in [0.15, 0.2) is 53.7 Å². The van der Waals surface area contributed by atoms with Crippen molar-refractivity contribution in [1.29, 1.82) is 0 Å². The van der Waals surface area contributed by atoms with Gasteiger partial charge in [0.15, 0.2) is 16.1 Å². The van der Waals surface area contributed by atoms with Gasteiger partial charge in [-0.05, 0) is 69.0 Å². The molecule has 0 radical (unpaired) electrons. The van der Waals surface area contributed by atoms with E-state index in [9.17, 15) is 4.79 Å². The smallest absolute Gasteiger partial charge is 0.236 e. The van der Waals surface area contributed by atoms with E-state index in [1.165, 1.54) is 35.9 Å². The molecule has 0 aliphatic heterocycles. The molecule has 9 heteroatoms. The molecule has 1 aliphatic carbocycles. The second kappa shape index (κ2) is 9.93. The Hall–Kier alpha value is -2.91. The summed E-state index contributed by atoms with van der Waals surface area (Å²) in [6.45, 7) is 2.76. The Morgan fingerprint density at radius 2 is 1.94 bits per heavy atom. The zero-order valence-corrected chi connectivity index (χ0v) is 20.0. The second-order valence-corrected chi connectivity index (χ2v) is 9.90. The first kappa shape index (κ1) is 21.9. The minimum Gasteiger partial charge on any atom is -0.490 e. The predicted molar refractivity (Wildman–Crippen MR) is 133 cm³/mol. The van der Waals surface area contributed by atoms with Crippen LogP contribution in [0.1, 0.15) is 32.6 Å². The maximum absolute atomic E-state index is 12.5. The Labute approximate surface area is 200 Å². The van der Waals surface area contributed by atoms with Gasteiger partial charge in [-0.1, -0.05) is 35.2 Å². The van der Waals surface area contributed by atoms with Gasteiger partial charge in [-0.25, -0.2) is 4.98 Å². The molecule has 2 heterocycles. The van der Waals surface area contributed by atoms with E-state index < -0.39 is 0 Å². The van der Waals surface area contributed by atoms with Gasteiger partial charge < -0.3 is 14.6 Å². The zero-order valence-electron chi connectivity index (χ0n) is 18.4. The van der Waals surface area contributed by atoms with Crippen LogP contribution in [0.2, 0.25) is 0 Å². The van der Waals surface area contributed by atoms with E-state index >= 15 is 0 Å². The molecule has 0 atom stereocenters. The fraction of sp³-hybridized carbons (Fsp3) is 0.333. The Morgan fingerprint density at radius 1 is 1.15 bits per heavy atom. The number of carbonyl (C=O) groups excluding carboxylic acids is 1. The van der Waals surface area contributed by atoms with Gasteiger partial charge in [0.05, 0.1) is 22.1 Å². The number of thiazole rings is 1. The number of aromatic nitrogens is 4. The maximum atomic E-state index is 12.5. The van der Waals surface area contributed by atoms with Crippen molar-refractivity contribution < 1.29 is 9.53 Å². The van der Waals surface area contributed by atoms with E-state index in [2.05, 4.69) is 27.4 Å². The number of benzene rings is 2. The lowest BCUT2D eigenvalue weighted by atomic mass is 10.2. The Balaban J connectivity index is 1.22. The highest BCUT2D eigenvalue weighted by atomic mass is 32.2. The summed E-state index contributed by atoms with van der Waals surface area (Å²) >= 11 is 2.85. The van der Waals surface area contributed by atoms with Crippen molar-refractivity contribution in [2.75, 3.05) is 11.1 Å². The van der Waals surface area contributed by atoms with Crippen LogP contribution in [-0.4, -0.2) is 37.5 Å². The van der Waals surface area contributed by atoms with E-state index in [1.807, 2.05) is 53.1 Å². The SMILES string of the molecule is CCn1c(SCC(=O)Nc2nc3ccccc3s2)nnc1-c1ccc(OC2CCCC2)cc1. The first-order valence-electron chi connectivity index (χ1n) is 11.2. The third-order valence-corrected chi connectivity index (χ3v) is 7.54. The number of carbonyl (C=O) groups is 1. The van der Waals surface area contributed by atoms with Gasteiger partial charge in [-0.3, -0.25) is 4.79 Å². The molecule has 7 nitrogen and oxygen atoms in total. The van der Waals surface area contributed by atoms with Crippen LogP contribution in [-0.2, 0) is 11.3 Å². The number of nitrogens with zero attached hydrogens (tertiary/aromatic N) is 4. The lowest BCUT2D eigenvalue weighted by Gasteiger charge is -2.13. The molecule has 1 aliphatic rings. The minimum atomic E-state index is -0.111. The average molecular weight is 480 g/mol. The average Bonchev–Trinajstić information content (AvgIpc) is 3.57. The first-order chi connectivity index (χ1) is 16.2. The molecule has 1 saturated carbocycles. The molecule has 5 rings (SSSR count). The monoisotopic (exact) mass is 479 g/mol. The van der Waals surface area contributed by atoms with Crippen LogP contribution in [0.3, 0.4) is 0 Å². The number of hydrogen-bond acceptors (Lipinski definition) is 7. The van der Waals surface area contributed by atoms with E-state index in [0.29, 0.717) is 17.8 Å². The highest BCUT2D eigenvalue weighted by molar-refractivity contribution is 7.99. The summed E-state index contributed by atoms with van der Waals surface area (Å²) in [5.74, 6) is 1.82. The molecule has 2 aromatic heterocycles. The summed E-state index contributed by atoms with van der Waals surface area (Å²) in [5, 5.41) is 12.9. The minimum absolute atomic E-state index is 0.111. The Kier molecular flexibility index (Phi) is 6.59. The van der Waals surface area contributed by atoms with Crippen LogP contribution < -0.4 is 10.1 Å². The molecule has 33 heavy (non-hydrogen) atoms. The lowest BCUT2D eigenvalue weighted by molar-refractivity contribution is -0.113. The molecule has 1 N–H and O–H groups in total. The highest BCUT2D eigenvalue weighted by Gasteiger charge is 2.18. The van der Waals surface area contributed by atoms with Crippen molar-refractivity contribution in [3.63, 3.8) is 0 Å². The van der Waals surface area contributed by atoms with Gasteiger partial charge >= 0.3 is 0 Å². The molecule has 0 bridgehead atoms. The summed E-state index contributed by atoms with van der Waals surface area (Å²) in [6.07, 6.45) is 5.12. The fourth-order valence-corrected chi connectivity index (χ4v) is 5.67. The van der Waals surface area contributed by atoms with Gasteiger partial charge in [0.1, 0.15) is 5.75 Å². The number of nitrogens with one attached hydrogen (secondary N) is 1. The Bertz CT molecular complexity index is 1210. The molecule has 0 spiro atoms. The fourth-order valence-electron chi connectivity index (χ4n) is 3.99. The number of thioether (sulfide) groups is 1. The van der Waals surface area contributed by atoms with E-state index in [4.69, 9.17) is 4.74 Å². The number of ether oxygens (including phenoxy) is 1. The van der Waals surface area contributed by atoms with Crippen molar-refractivity contribution >= 4 is 44.4 Å². The van der Waals surface area contributed by atoms with Crippen LogP contribution >= 0.6 is 23.1 Å². The summed E-state index contributed by atoms with van der Waals surface area (Å²) in [7, 11) is 0. The van der Waals surface area contributed by atoms with E-state index in [-0.39, 0.29) is 11.7 Å². The van der Waals surface area contributed by atoms with Gasteiger partial charge in [0.2, 0.25) is 5.91 Å². The number of anilines is 1. The molecule has 170 valence electrons. The van der Waals surface area contributed by atoms with Crippen molar-refractivity contribution in [3.05, 3.63) is 48.5 Å². The van der Waals surface area contributed by atoms with E-state index in [1.54, 1.807) is 0 Å². The normalized spacial score (nSPS) is 14.1. The lowest BCUT2D eigenvalue weighted by Crippen LogP contribution is -2.14. The first-order valence-corrected chi connectivity index (χ1v) is 13.0. The standard InChI is InChI=1S/C24H25N5O2S2/c1-2-29-22(16-11-13-18(14-12-16)31-17-7-3-4-8-17)27-28-24(29)32-15-21(30)26-23-25-19-9-5-6-10-20(19)33-23/h5-6,9-14,17H,2-4,7-8,15H2,1H3,(H,25,26,30). The zero-order chi connectivity index (χ0) is 22.6. The van der Waals surface area contributed by atoms with Crippen LogP contribution in [0.5, 0.6) is 5.75 Å². The van der Waals surface area contributed by atoms with Gasteiger partial charge in [-0.15, -0.1) is 10.2 Å². The van der Waals surface area contributed by atoms with E-state index in [0.717, 1.165) is 45.4 Å². The molecule has 0 saturated heterocycles. The number of fused-ring (bicyclic) bond motifs is 1.